The molecule has 0 bridgehead atoms. The van der Waals surface area contributed by atoms with Gasteiger partial charge in [0.1, 0.15) is 11.6 Å². The third kappa shape index (κ3) is 4.85. The predicted octanol–water partition coefficient (Wildman–Crippen LogP) is 14.5. The molecule has 6 heteroatoms. The summed E-state index contributed by atoms with van der Waals surface area (Å²) in [5.41, 5.74) is 13.5. The second kappa shape index (κ2) is 13.4. The van der Waals surface area contributed by atoms with E-state index in [1.807, 2.05) is 12.4 Å². The molecule has 0 unspecified atom stereocenters. The van der Waals surface area contributed by atoms with Gasteiger partial charge in [0.2, 0.25) is 0 Å². The highest BCUT2D eigenvalue weighted by atomic mass is 15.1. The van der Waals surface area contributed by atoms with Crippen LogP contribution in [0.5, 0.6) is 0 Å². The summed E-state index contributed by atoms with van der Waals surface area (Å²) in [5.74, 6) is 1.74. The number of fused-ring (bicyclic) bond motifs is 14. The van der Waals surface area contributed by atoms with Crippen LogP contribution >= 0.6 is 0 Å². The normalized spacial score (nSPS) is 12.1. The third-order valence-corrected chi connectivity index (χ3v) is 13.3. The van der Waals surface area contributed by atoms with Crippen LogP contribution in [0.1, 0.15) is 0 Å². The van der Waals surface area contributed by atoms with Crippen molar-refractivity contribution < 1.29 is 0 Å². The van der Waals surface area contributed by atoms with Crippen LogP contribution in [0, 0.1) is 0 Å². The summed E-state index contributed by atoms with van der Waals surface area (Å²) >= 11 is 0. The lowest BCUT2D eigenvalue weighted by Gasteiger charge is -2.11. The summed E-state index contributed by atoms with van der Waals surface area (Å²) in [7, 11) is 0. The fraction of sp³-hybridized carbons (Fsp3) is 0. The van der Waals surface area contributed by atoms with Gasteiger partial charge >= 0.3 is 0 Å². The zero-order valence-corrected chi connectivity index (χ0v) is 34.5. The van der Waals surface area contributed by atoms with Gasteiger partial charge in [0, 0.05) is 78.0 Å². The molecule has 0 N–H and O–H groups in total. The summed E-state index contributed by atoms with van der Waals surface area (Å²) in [6.07, 6.45) is 3.98. The van der Waals surface area contributed by atoms with Gasteiger partial charge in [-0.05, 0) is 84.9 Å². The minimum absolute atomic E-state index is 0.868. The SMILES string of the molecule is c1ccc(-n2c3ccccc3c3c2ccc2c4ccccc4n(-c4ccc(-c5ccc(-n6c7ccccc7c7ccc8c(c9ccccc9n8-c8ccccc8)c76)nc5)cn4)c23)cc1. The van der Waals surface area contributed by atoms with E-state index in [2.05, 4.69) is 225 Å². The molecule has 0 saturated carbocycles. The predicted molar refractivity (Wildman–Crippen MR) is 265 cm³/mol. The van der Waals surface area contributed by atoms with Crippen molar-refractivity contribution in [2.24, 2.45) is 0 Å². The van der Waals surface area contributed by atoms with Crippen LogP contribution in [-0.4, -0.2) is 28.2 Å². The first-order valence-corrected chi connectivity index (χ1v) is 21.7. The molecule has 0 aliphatic heterocycles. The van der Waals surface area contributed by atoms with E-state index in [9.17, 15) is 0 Å². The van der Waals surface area contributed by atoms with Gasteiger partial charge in [-0.25, -0.2) is 9.97 Å². The Morgan fingerprint density at radius 3 is 1.00 bits per heavy atom. The topological polar surface area (TPSA) is 45.5 Å². The van der Waals surface area contributed by atoms with Gasteiger partial charge in [-0.3, -0.25) is 9.13 Å². The molecule has 0 saturated heterocycles. The summed E-state index contributed by atoms with van der Waals surface area (Å²) < 4.78 is 9.45. The smallest absolute Gasteiger partial charge is 0.137 e. The molecular weight excluding hydrogens is 781 g/mol. The van der Waals surface area contributed by atoms with Gasteiger partial charge in [0.15, 0.2) is 0 Å². The number of aromatic nitrogens is 6. The minimum atomic E-state index is 0.868. The summed E-state index contributed by atoms with van der Waals surface area (Å²) in [4.78, 5) is 10.4. The van der Waals surface area contributed by atoms with Gasteiger partial charge < -0.3 is 9.13 Å². The van der Waals surface area contributed by atoms with Crippen LogP contribution in [-0.2, 0) is 0 Å². The monoisotopic (exact) mass is 816 g/mol. The van der Waals surface area contributed by atoms with Gasteiger partial charge in [0.25, 0.3) is 0 Å². The average molecular weight is 817 g/mol. The Labute approximate surface area is 366 Å². The standard InChI is InChI=1S/C58H36N6/c1-3-15-39(16-4-1)61-49-25-13-9-21-45(49)55-51(61)31-29-43-41-19-7-11-23-47(41)63(57(43)55)53-33-27-37(35-59-53)38-28-34-54(60-36-38)64-48-24-12-8-20-42(48)44-30-32-52-56(58(44)64)46-22-10-14-26-50(46)62(52)40-17-5-2-6-18-40/h1-36H. The maximum absolute atomic E-state index is 5.22. The summed E-state index contributed by atoms with van der Waals surface area (Å²) in [5, 5.41) is 9.67. The molecule has 0 atom stereocenters. The number of rotatable bonds is 5. The van der Waals surface area contributed by atoms with E-state index >= 15 is 0 Å². The highest BCUT2D eigenvalue weighted by Crippen LogP contribution is 2.44. The number of para-hydroxylation sites is 6. The largest absolute Gasteiger partial charge is 0.309 e. The van der Waals surface area contributed by atoms with Crippen molar-refractivity contribution in [2.75, 3.05) is 0 Å². The molecule has 64 heavy (non-hydrogen) atoms. The van der Waals surface area contributed by atoms with Crippen molar-refractivity contribution in [3.05, 3.63) is 219 Å². The van der Waals surface area contributed by atoms with Crippen molar-refractivity contribution in [3.8, 4) is 34.1 Å². The number of pyridine rings is 2. The molecule has 8 aromatic carbocycles. The molecule has 0 spiro atoms. The minimum Gasteiger partial charge on any atom is -0.309 e. The van der Waals surface area contributed by atoms with E-state index in [1.165, 1.54) is 54.1 Å². The molecule has 14 aromatic rings. The Morgan fingerprint density at radius 1 is 0.250 bits per heavy atom. The molecule has 0 aliphatic carbocycles. The van der Waals surface area contributed by atoms with Gasteiger partial charge in [-0.1, -0.05) is 121 Å². The van der Waals surface area contributed by atoms with E-state index in [-0.39, 0.29) is 0 Å². The first kappa shape index (κ1) is 34.9. The molecule has 14 rings (SSSR count). The fourth-order valence-electron chi connectivity index (χ4n) is 10.6. The molecular formula is C58H36N6. The highest BCUT2D eigenvalue weighted by Gasteiger charge is 2.23. The van der Waals surface area contributed by atoms with Crippen LogP contribution in [0.2, 0.25) is 0 Å². The van der Waals surface area contributed by atoms with E-state index in [1.54, 1.807) is 0 Å². The number of nitrogens with zero attached hydrogens (tertiary/aromatic N) is 6. The average Bonchev–Trinajstić information content (AvgIpc) is 4.10. The van der Waals surface area contributed by atoms with Crippen LogP contribution in [0.4, 0.5) is 0 Å². The lowest BCUT2D eigenvalue weighted by Crippen LogP contribution is -1.99. The van der Waals surface area contributed by atoms with Crippen LogP contribution < -0.4 is 0 Å². The Morgan fingerprint density at radius 2 is 0.609 bits per heavy atom. The maximum atomic E-state index is 5.22. The van der Waals surface area contributed by atoms with Crippen LogP contribution in [0.25, 0.3) is 121 Å². The van der Waals surface area contributed by atoms with E-state index in [0.29, 0.717) is 0 Å². The molecule has 6 aromatic heterocycles. The molecule has 0 aliphatic rings. The van der Waals surface area contributed by atoms with E-state index < -0.39 is 0 Å². The molecule has 298 valence electrons. The van der Waals surface area contributed by atoms with Crippen LogP contribution in [0.15, 0.2) is 219 Å². The molecule has 6 heterocycles. The first-order chi connectivity index (χ1) is 31.8. The zero-order chi connectivity index (χ0) is 41.9. The van der Waals surface area contributed by atoms with Crippen LogP contribution in [0.3, 0.4) is 0 Å². The number of benzene rings is 8. The summed E-state index contributed by atoms with van der Waals surface area (Å²) in [6.45, 7) is 0. The van der Waals surface area contributed by atoms with Crippen molar-refractivity contribution in [3.63, 3.8) is 0 Å². The van der Waals surface area contributed by atoms with Crippen molar-refractivity contribution in [1.29, 1.82) is 0 Å². The Bertz CT molecular complexity index is 3880. The fourth-order valence-corrected chi connectivity index (χ4v) is 10.6. The third-order valence-electron chi connectivity index (χ3n) is 13.3. The van der Waals surface area contributed by atoms with Crippen molar-refractivity contribution in [1.82, 2.24) is 28.2 Å². The Balaban J connectivity index is 0.922. The Kier molecular flexibility index (Phi) is 7.30. The van der Waals surface area contributed by atoms with Gasteiger partial charge in [-0.2, -0.15) is 0 Å². The molecule has 0 fully saturated rings. The lowest BCUT2D eigenvalue weighted by molar-refractivity contribution is 1.08. The van der Waals surface area contributed by atoms with E-state index in [4.69, 9.17) is 9.97 Å². The lowest BCUT2D eigenvalue weighted by atomic mass is 10.1. The second-order valence-corrected chi connectivity index (χ2v) is 16.6. The number of hydrogen-bond donors (Lipinski definition) is 0. The highest BCUT2D eigenvalue weighted by molar-refractivity contribution is 6.27. The second-order valence-electron chi connectivity index (χ2n) is 16.6. The zero-order valence-electron chi connectivity index (χ0n) is 34.5. The molecule has 6 nitrogen and oxygen atoms in total. The molecule has 0 amide bonds. The van der Waals surface area contributed by atoms with Gasteiger partial charge in [0.05, 0.1) is 44.1 Å². The number of hydrogen-bond acceptors (Lipinski definition) is 2. The summed E-state index contributed by atoms with van der Waals surface area (Å²) in [6, 6.07) is 73.9. The van der Waals surface area contributed by atoms with Crippen molar-refractivity contribution >= 4 is 87.2 Å². The quantitative estimate of drug-likeness (QED) is 0.174. The maximum Gasteiger partial charge on any atom is 0.137 e. The molecule has 0 radical (unpaired) electrons. The first-order valence-electron chi connectivity index (χ1n) is 21.7. The Hall–Kier alpha value is -8.74. The van der Waals surface area contributed by atoms with Crippen molar-refractivity contribution in [2.45, 2.75) is 0 Å². The van der Waals surface area contributed by atoms with Gasteiger partial charge in [-0.15, -0.1) is 0 Å². The van der Waals surface area contributed by atoms with E-state index in [0.717, 1.165) is 67.2 Å².